The number of aromatic hydroxyl groups is 1. The zero-order chi connectivity index (χ0) is 18.0. The van der Waals surface area contributed by atoms with E-state index in [-0.39, 0.29) is 18.2 Å². The molecular formula is C16H15N3O6. The van der Waals surface area contributed by atoms with Crippen LogP contribution in [0.2, 0.25) is 0 Å². The Balaban J connectivity index is 1.97. The Hall–Kier alpha value is -3.17. The van der Waals surface area contributed by atoms with E-state index in [0.717, 1.165) is 5.56 Å². The Morgan fingerprint density at radius 3 is 2.96 bits per heavy atom. The summed E-state index contributed by atoms with van der Waals surface area (Å²) in [5, 5.41) is 40.2. The number of aliphatic imine (C=N–C) groups is 1. The number of carbonyl (C=O) groups is 1. The van der Waals surface area contributed by atoms with Crippen LogP contribution in [-0.2, 0) is 0 Å². The van der Waals surface area contributed by atoms with Gasteiger partial charge in [0.2, 0.25) is 5.88 Å². The molecule has 5 N–H and O–H groups in total. The van der Waals surface area contributed by atoms with Crippen LogP contribution in [0.5, 0.6) is 5.75 Å². The highest BCUT2D eigenvalue weighted by molar-refractivity contribution is 6.21. The number of hydrogen-bond acceptors (Lipinski definition) is 8. The SMILES string of the molecule is O=C(O)c1c(NCC(O)CO)oc(C=C2C=Nc3ncccc32)c1O. The van der Waals surface area contributed by atoms with Crippen molar-refractivity contribution in [3.05, 3.63) is 35.2 Å². The predicted octanol–water partition coefficient (Wildman–Crippen LogP) is 1.10. The third-order valence-electron chi connectivity index (χ3n) is 3.54. The van der Waals surface area contributed by atoms with Crippen molar-refractivity contribution in [2.45, 2.75) is 6.10 Å². The zero-order valence-electron chi connectivity index (χ0n) is 12.9. The third kappa shape index (κ3) is 3.23. The van der Waals surface area contributed by atoms with Crippen molar-refractivity contribution >= 4 is 35.5 Å². The van der Waals surface area contributed by atoms with Gasteiger partial charge in [0.1, 0.15) is 0 Å². The number of rotatable bonds is 6. The molecule has 0 radical (unpaired) electrons. The van der Waals surface area contributed by atoms with E-state index in [4.69, 9.17) is 9.52 Å². The first-order valence-corrected chi connectivity index (χ1v) is 7.34. The van der Waals surface area contributed by atoms with Crippen LogP contribution < -0.4 is 5.32 Å². The summed E-state index contributed by atoms with van der Waals surface area (Å²) in [5.74, 6) is -1.72. The van der Waals surface area contributed by atoms with Crippen LogP contribution in [0.4, 0.5) is 11.7 Å². The summed E-state index contributed by atoms with van der Waals surface area (Å²) in [6, 6.07) is 3.52. The van der Waals surface area contributed by atoms with Crippen LogP contribution in [0.3, 0.4) is 0 Å². The largest absolute Gasteiger partial charge is 0.504 e. The Kier molecular flexibility index (Phi) is 4.50. The minimum Gasteiger partial charge on any atom is -0.504 e. The lowest BCUT2D eigenvalue weighted by Crippen LogP contribution is -2.23. The number of furan rings is 1. The highest BCUT2D eigenvalue weighted by Crippen LogP contribution is 2.37. The number of carboxylic acid groups (broad SMARTS) is 1. The number of aromatic carboxylic acids is 1. The second-order valence-corrected chi connectivity index (χ2v) is 5.27. The number of pyridine rings is 1. The van der Waals surface area contributed by atoms with E-state index in [1.54, 1.807) is 18.3 Å². The lowest BCUT2D eigenvalue weighted by atomic mass is 10.1. The van der Waals surface area contributed by atoms with Gasteiger partial charge in [0.15, 0.2) is 22.9 Å². The van der Waals surface area contributed by atoms with Gasteiger partial charge in [0.05, 0.1) is 12.7 Å². The van der Waals surface area contributed by atoms with E-state index in [1.807, 2.05) is 0 Å². The average Bonchev–Trinajstić information content (AvgIpc) is 3.14. The number of allylic oxidation sites excluding steroid dienone is 1. The number of anilines is 1. The molecule has 9 heteroatoms. The Morgan fingerprint density at radius 1 is 1.44 bits per heavy atom. The van der Waals surface area contributed by atoms with Gasteiger partial charge in [0, 0.05) is 30.1 Å². The number of carboxylic acids is 1. The van der Waals surface area contributed by atoms with Gasteiger partial charge in [-0.25, -0.2) is 14.8 Å². The minimum absolute atomic E-state index is 0.0726. The quantitative estimate of drug-likeness (QED) is 0.522. The van der Waals surface area contributed by atoms with Crippen LogP contribution in [0, 0.1) is 0 Å². The highest BCUT2D eigenvalue weighted by atomic mass is 16.4. The van der Waals surface area contributed by atoms with Gasteiger partial charge in [-0.1, -0.05) is 0 Å². The highest BCUT2D eigenvalue weighted by Gasteiger charge is 2.26. The van der Waals surface area contributed by atoms with E-state index in [9.17, 15) is 20.1 Å². The van der Waals surface area contributed by atoms with E-state index < -0.39 is 30.0 Å². The number of hydrogen-bond donors (Lipinski definition) is 5. The predicted molar refractivity (Wildman–Crippen MR) is 89.2 cm³/mol. The van der Waals surface area contributed by atoms with Crippen molar-refractivity contribution in [3.8, 4) is 5.75 Å². The molecule has 1 aliphatic rings. The molecular weight excluding hydrogens is 330 g/mol. The summed E-state index contributed by atoms with van der Waals surface area (Å²) in [4.78, 5) is 19.6. The Morgan fingerprint density at radius 2 is 2.24 bits per heavy atom. The number of aliphatic hydroxyl groups excluding tert-OH is 2. The molecule has 2 aromatic heterocycles. The first kappa shape index (κ1) is 16.7. The van der Waals surface area contributed by atoms with Crippen molar-refractivity contribution in [2.75, 3.05) is 18.5 Å². The summed E-state index contributed by atoms with van der Waals surface area (Å²) < 4.78 is 5.39. The molecule has 2 aromatic rings. The lowest BCUT2D eigenvalue weighted by molar-refractivity contribution is 0.0694. The fraction of sp³-hybridized carbons (Fsp3) is 0.188. The summed E-state index contributed by atoms with van der Waals surface area (Å²) in [6.07, 6.45) is 3.48. The molecule has 0 fully saturated rings. The van der Waals surface area contributed by atoms with Crippen LogP contribution >= 0.6 is 0 Å². The molecule has 1 unspecified atom stereocenters. The molecule has 130 valence electrons. The molecule has 0 aromatic carbocycles. The van der Waals surface area contributed by atoms with Crippen molar-refractivity contribution in [3.63, 3.8) is 0 Å². The van der Waals surface area contributed by atoms with Crippen molar-refractivity contribution in [1.29, 1.82) is 0 Å². The van der Waals surface area contributed by atoms with Crippen LogP contribution in [0.15, 0.2) is 27.7 Å². The third-order valence-corrected chi connectivity index (χ3v) is 3.54. The van der Waals surface area contributed by atoms with Crippen molar-refractivity contribution in [2.24, 2.45) is 4.99 Å². The molecule has 1 atom stereocenters. The summed E-state index contributed by atoms with van der Waals surface area (Å²) in [5.41, 5.74) is 0.866. The van der Waals surface area contributed by atoms with Gasteiger partial charge in [-0.2, -0.15) is 0 Å². The zero-order valence-corrected chi connectivity index (χ0v) is 12.9. The Bertz CT molecular complexity index is 871. The lowest BCUT2D eigenvalue weighted by Gasteiger charge is -2.08. The number of nitrogens with zero attached hydrogens (tertiary/aromatic N) is 2. The van der Waals surface area contributed by atoms with Gasteiger partial charge in [0.25, 0.3) is 0 Å². The normalized spacial score (nSPS) is 15.4. The van der Waals surface area contributed by atoms with E-state index in [2.05, 4.69) is 15.3 Å². The monoisotopic (exact) mass is 345 g/mol. The number of aliphatic hydroxyl groups is 2. The summed E-state index contributed by atoms with van der Waals surface area (Å²) in [7, 11) is 0. The van der Waals surface area contributed by atoms with E-state index in [0.29, 0.717) is 11.4 Å². The molecule has 1 aliphatic heterocycles. The van der Waals surface area contributed by atoms with Gasteiger partial charge in [-0.05, 0) is 18.2 Å². The maximum absolute atomic E-state index is 11.4. The van der Waals surface area contributed by atoms with Gasteiger partial charge >= 0.3 is 5.97 Å². The second-order valence-electron chi connectivity index (χ2n) is 5.27. The molecule has 9 nitrogen and oxygen atoms in total. The van der Waals surface area contributed by atoms with Gasteiger partial charge in [-0.3, -0.25) is 0 Å². The van der Waals surface area contributed by atoms with Crippen LogP contribution in [0.1, 0.15) is 21.7 Å². The molecule has 0 bridgehead atoms. The van der Waals surface area contributed by atoms with Crippen LogP contribution in [0.25, 0.3) is 11.6 Å². The van der Waals surface area contributed by atoms with Crippen LogP contribution in [-0.4, -0.2) is 56.8 Å². The maximum atomic E-state index is 11.4. The molecule has 0 spiro atoms. The van der Waals surface area contributed by atoms with E-state index in [1.165, 1.54) is 12.3 Å². The molecule has 25 heavy (non-hydrogen) atoms. The number of aromatic nitrogens is 1. The average molecular weight is 345 g/mol. The maximum Gasteiger partial charge on any atom is 0.345 e. The first-order valence-electron chi connectivity index (χ1n) is 7.34. The minimum atomic E-state index is -1.39. The van der Waals surface area contributed by atoms with Gasteiger partial charge < -0.3 is 30.2 Å². The summed E-state index contributed by atoms with van der Waals surface area (Å²) in [6.45, 7) is -0.646. The van der Waals surface area contributed by atoms with Gasteiger partial charge in [-0.15, -0.1) is 0 Å². The number of fused-ring (bicyclic) bond motifs is 1. The molecule has 3 rings (SSSR count). The van der Waals surface area contributed by atoms with Crippen molar-refractivity contribution < 1.29 is 29.6 Å². The summed E-state index contributed by atoms with van der Waals surface area (Å²) >= 11 is 0. The smallest absolute Gasteiger partial charge is 0.345 e. The Labute approximate surface area is 141 Å². The topological polar surface area (TPSA) is 148 Å². The second kappa shape index (κ2) is 6.75. The molecule has 0 amide bonds. The van der Waals surface area contributed by atoms with E-state index >= 15 is 0 Å². The first-order chi connectivity index (χ1) is 12.0. The number of nitrogens with one attached hydrogen (secondary N) is 1. The molecule has 0 saturated carbocycles. The fourth-order valence-corrected chi connectivity index (χ4v) is 2.32. The standard InChI is InChI=1S/C16H15N3O6/c20-7-9(21)6-19-15-12(16(23)24)13(22)11(25-15)4-8-5-18-14-10(8)2-1-3-17-14/h1-5,9,19-22H,6-7H2,(H,23,24). The molecule has 0 saturated heterocycles. The van der Waals surface area contributed by atoms with Crippen molar-refractivity contribution in [1.82, 2.24) is 4.98 Å². The molecule has 0 aliphatic carbocycles. The fourth-order valence-electron chi connectivity index (χ4n) is 2.32. The molecule has 3 heterocycles.